The summed E-state index contributed by atoms with van der Waals surface area (Å²) in [6.07, 6.45) is 6.31. The van der Waals surface area contributed by atoms with Crippen molar-refractivity contribution in [2.45, 2.75) is 72.6 Å². The topological polar surface area (TPSA) is 12.9 Å². The van der Waals surface area contributed by atoms with E-state index in [0.29, 0.717) is 11.8 Å². The van der Waals surface area contributed by atoms with E-state index in [4.69, 9.17) is 4.98 Å². The highest BCUT2D eigenvalue weighted by molar-refractivity contribution is 7.19. The van der Waals surface area contributed by atoms with Crippen LogP contribution in [0.15, 0.2) is 24.3 Å². The van der Waals surface area contributed by atoms with Crippen molar-refractivity contribution in [3.05, 3.63) is 51.5 Å². The third-order valence-electron chi connectivity index (χ3n) is 5.99. The average Bonchev–Trinajstić information content (AvgIpc) is 2.98. The van der Waals surface area contributed by atoms with Crippen molar-refractivity contribution in [3.8, 4) is 11.1 Å². The fourth-order valence-corrected chi connectivity index (χ4v) is 6.18. The molecule has 1 unspecified atom stereocenters. The van der Waals surface area contributed by atoms with Crippen molar-refractivity contribution in [1.29, 1.82) is 0 Å². The summed E-state index contributed by atoms with van der Waals surface area (Å²) >= 11 is 1.95. The first kappa shape index (κ1) is 18.7. The number of hydrogen-bond donors (Lipinski definition) is 0. The fourth-order valence-electron chi connectivity index (χ4n) is 4.86. The largest absolute Gasteiger partial charge is 0.242 e. The molecule has 2 heteroatoms. The highest BCUT2D eigenvalue weighted by atomic mass is 32.1. The second-order valence-electron chi connectivity index (χ2n) is 8.77. The first-order chi connectivity index (χ1) is 13.0. The molecule has 27 heavy (non-hydrogen) atoms. The van der Waals surface area contributed by atoms with E-state index in [1.165, 1.54) is 70.3 Å². The van der Waals surface area contributed by atoms with Gasteiger partial charge in [0.25, 0.3) is 0 Å². The number of fused-ring (bicyclic) bond motifs is 3. The molecule has 1 nitrogen and oxygen atoms in total. The molecule has 0 spiro atoms. The van der Waals surface area contributed by atoms with Crippen LogP contribution >= 0.6 is 11.3 Å². The van der Waals surface area contributed by atoms with Crippen molar-refractivity contribution in [3.63, 3.8) is 0 Å². The first-order valence-corrected chi connectivity index (χ1v) is 11.3. The minimum atomic E-state index is 0.525. The maximum absolute atomic E-state index is 5.13. The lowest BCUT2D eigenvalue weighted by atomic mass is 9.83. The molecule has 0 saturated carbocycles. The lowest BCUT2D eigenvalue weighted by molar-refractivity contribution is 0.522. The quantitative estimate of drug-likeness (QED) is 0.456. The lowest BCUT2D eigenvalue weighted by Gasteiger charge is -2.22. The second kappa shape index (κ2) is 7.39. The molecule has 1 atom stereocenters. The Hall–Kier alpha value is -1.67. The van der Waals surface area contributed by atoms with Crippen molar-refractivity contribution in [2.24, 2.45) is 5.92 Å². The zero-order valence-corrected chi connectivity index (χ0v) is 18.2. The third-order valence-corrected chi connectivity index (χ3v) is 7.17. The number of benzene rings is 1. The average molecular weight is 378 g/mol. The standard InChI is InChI=1S/C25H31NS/c1-15(2)14-17(4)22-18(5)26-25-24(20-8-6-7-9-21(20)27-25)23(22)19-12-10-16(3)11-13-19/h10-13,15,17H,6-9,14H2,1-5H3. The number of hydrogen-bond acceptors (Lipinski definition) is 2. The van der Waals surface area contributed by atoms with E-state index >= 15 is 0 Å². The van der Waals surface area contributed by atoms with Crippen LogP contribution in [0, 0.1) is 19.8 Å². The molecule has 3 aromatic rings. The molecule has 1 aliphatic rings. The maximum Gasteiger partial charge on any atom is 0.124 e. The molecule has 0 saturated heterocycles. The second-order valence-corrected chi connectivity index (χ2v) is 9.86. The smallest absolute Gasteiger partial charge is 0.124 e. The van der Waals surface area contributed by atoms with Crippen LogP contribution < -0.4 is 0 Å². The SMILES string of the molecule is Cc1ccc(-c2c(C(C)CC(C)C)c(C)nc3sc4c(c23)CCCC4)cc1. The molecule has 0 bridgehead atoms. The summed E-state index contributed by atoms with van der Waals surface area (Å²) in [6.45, 7) is 11.5. The Bertz CT molecular complexity index is 962. The van der Waals surface area contributed by atoms with E-state index in [1.807, 2.05) is 11.3 Å². The summed E-state index contributed by atoms with van der Waals surface area (Å²) in [5.41, 5.74) is 8.47. The zero-order chi connectivity index (χ0) is 19.1. The number of aryl methyl sites for hydroxylation is 4. The number of thiophene rings is 1. The summed E-state index contributed by atoms with van der Waals surface area (Å²) in [5.74, 6) is 1.22. The highest BCUT2D eigenvalue weighted by Gasteiger charge is 2.25. The van der Waals surface area contributed by atoms with Gasteiger partial charge in [-0.15, -0.1) is 11.3 Å². The third kappa shape index (κ3) is 3.45. The molecule has 4 rings (SSSR count). The Morgan fingerprint density at radius 3 is 2.41 bits per heavy atom. The molecule has 0 radical (unpaired) electrons. The van der Waals surface area contributed by atoms with E-state index in [2.05, 4.69) is 58.9 Å². The normalized spacial score (nSPS) is 15.3. The van der Waals surface area contributed by atoms with Crippen LogP contribution in [0.1, 0.15) is 73.2 Å². The van der Waals surface area contributed by atoms with Crippen molar-refractivity contribution >= 4 is 21.6 Å². The Kier molecular flexibility index (Phi) is 5.11. The Labute approximate surface area is 167 Å². The minimum Gasteiger partial charge on any atom is -0.242 e. The lowest BCUT2D eigenvalue weighted by Crippen LogP contribution is -2.06. The van der Waals surface area contributed by atoms with Gasteiger partial charge in [-0.3, -0.25) is 0 Å². The molecule has 0 N–H and O–H groups in total. The number of aromatic nitrogens is 1. The molecule has 142 valence electrons. The maximum atomic E-state index is 5.13. The molecule has 2 heterocycles. The molecular formula is C25H31NS. The Morgan fingerprint density at radius 2 is 1.70 bits per heavy atom. The summed E-state index contributed by atoms with van der Waals surface area (Å²) < 4.78 is 0. The Balaban J connectivity index is 2.04. The summed E-state index contributed by atoms with van der Waals surface area (Å²) in [4.78, 5) is 7.98. The van der Waals surface area contributed by atoms with Gasteiger partial charge in [0.15, 0.2) is 0 Å². The van der Waals surface area contributed by atoms with Crippen LogP contribution in [0.5, 0.6) is 0 Å². The molecule has 1 aromatic carbocycles. The Morgan fingerprint density at radius 1 is 1.00 bits per heavy atom. The summed E-state index contributed by atoms with van der Waals surface area (Å²) in [7, 11) is 0. The van der Waals surface area contributed by atoms with Gasteiger partial charge in [-0.1, -0.05) is 50.6 Å². The van der Waals surface area contributed by atoms with Crippen LogP contribution in [0.25, 0.3) is 21.3 Å². The zero-order valence-electron chi connectivity index (χ0n) is 17.4. The van der Waals surface area contributed by atoms with Gasteiger partial charge in [-0.2, -0.15) is 0 Å². The minimum absolute atomic E-state index is 0.525. The predicted molar refractivity (Wildman–Crippen MR) is 119 cm³/mol. The monoisotopic (exact) mass is 377 g/mol. The van der Waals surface area contributed by atoms with Gasteiger partial charge in [0, 0.05) is 16.0 Å². The highest BCUT2D eigenvalue weighted by Crippen LogP contribution is 2.45. The van der Waals surface area contributed by atoms with Crippen LogP contribution in [-0.2, 0) is 12.8 Å². The number of pyridine rings is 1. The fraction of sp³-hybridized carbons (Fsp3) is 0.480. The molecule has 0 fully saturated rings. The van der Waals surface area contributed by atoms with E-state index in [-0.39, 0.29) is 0 Å². The van der Waals surface area contributed by atoms with Crippen LogP contribution in [0.2, 0.25) is 0 Å². The molecule has 1 aliphatic carbocycles. The number of nitrogens with zero attached hydrogens (tertiary/aromatic N) is 1. The van der Waals surface area contributed by atoms with Crippen LogP contribution in [0.4, 0.5) is 0 Å². The van der Waals surface area contributed by atoms with Crippen LogP contribution in [-0.4, -0.2) is 4.98 Å². The molecule has 2 aromatic heterocycles. The van der Waals surface area contributed by atoms with Crippen molar-refractivity contribution in [2.75, 3.05) is 0 Å². The first-order valence-electron chi connectivity index (χ1n) is 10.5. The van der Waals surface area contributed by atoms with Crippen molar-refractivity contribution in [1.82, 2.24) is 4.98 Å². The molecule has 0 aliphatic heterocycles. The van der Waals surface area contributed by atoms with Gasteiger partial charge in [0.1, 0.15) is 4.83 Å². The van der Waals surface area contributed by atoms with Gasteiger partial charge >= 0.3 is 0 Å². The van der Waals surface area contributed by atoms with E-state index in [1.54, 1.807) is 10.4 Å². The van der Waals surface area contributed by atoms with E-state index in [0.717, 1.165) is 0 Å². The van der Waals surface area contributed by atoms with E-state index < -0.39 is 0 Å². The van der Waals surface area contributed by atoms with Gasteiger partial charge in [-0.25, -0.2) is 4.98 Å². The van der Waals surface area contributed by atoms with E-state index in [9.17, 15) is 0 Å². The van der Waals surface area contributed by atoms with Crippen molar-refractivity contribution < 1.29 is 0 Å². The van der Waals surface area contributed by atoms with Crippen LogP contribution in [0.3, 0.4) is 0 Å². The number of rotatable bonds is 4. The molecular weight excluding hydrogens is 346 g/mol. The predicted octanol–water partition coefficient (Wildman–Crippen LogP) is 7.61. The van der Waals surface area contributed by atoms with Gasteiger partial charge in [-0.05, 0) is 80.0 Å². The van der Waals surface area contributed by atoms with Gasteiger partial charge in [0.05, 0.1) is 0 Å². The summed E-state index contributed by atoms with van der Waals surface area (Å²) in [6, 6.07) is 9.16. The van der Waals surface area contributed by atoms with Gasteiger partial charge in [0.2, 0.25) is 0 Å². The van der Waals surface area contributed by atoms with Gasteiger partial charge < -0.3 is 0 Å². The summed E-state index contributed by atoms with van der Waals surface area (Å²) in [5, 5.41) is 1.47. The molecule has 0 amide bonds.